The van der Waals surface area contributed by atoms with Crippen molar-refractivity contribution < 1.29 is 23.7 Å². The van der Waals surface area contributed by atoms with E-state index < -0.39 is 0 Å². The molecule has 1 aliphatic heterocycles. The number of hydrogen-bond donors (Lipinski definition) is 0. The van der Waals surface area contributed by atoms with E-state index in [4.69, 9.17) is 18.9 Å². The molecule has 0 spiro atoms. The second-order valence-corrected chi connectivity index (χ2v) is 7.29. The van der Waals surface area contributed by atoms with Crippen molar-refractivity contribution in [2.24, 2.45) is 0 Å². The number of hydrogen-bond acceptors (Lipinski definition) is 6. The zero-order chi connectivity index (χ0) is 20.1. The summed E-state index contributed by atoms with van der Waals surface area (Å²) in [5, 5.41) is -0.0396. The first-order valence-corrected chi connectivity index (χ1v) is 10.1. The van der Waals surface area contributed by atoms with Crippen LogP contribution in [-0.2, 0) is 11.3 Å². The lowest BCUT2D eigenvalue weighted by molar-refractivity contribution is -0.128. The Hall–Kier alpha value is -2.54. The molecule has 3 rings (SSSR count). The molecule has 0 radical (unpaired) electrons. The van der Waals surface area contributed by atoms with Crippen LogP contribution in [0.25, 0.3) is 0 Å². The van der Waals surface area contributed by atoms with E-state index in [1.54, 1.807) is 33.1 Å². The topological polar surface area (TPSA) is 57.2 Å². The first-order valence-electron chi connectivity index (χ1n) is 9.04. The molecule has 6 nitrogen and oxygen atoms in total. The highest BCUT2D eigenvalue weighted by molar-refractivity contribution is 8.00. The van der Waals surface area contributed by atoms with Gasteiger partial charge in [-0.25, -0.2) is 0 Å². The first kappa shape index (κ1) is 20.2. The van der Waals surface area contributed by atoms with Crippen molar-refractivity contribution in [3.8, 4) is 23.0 Å². The molecule has 1 saturated heterocycles. The molecule has 0 N–H and O–H groups in total. The first-order chi connectivity index (χ1) is 13.6. The fraction of sp³-hybridized carbons (Fsp3) is 0.381. The summed E-state index contributed by atoms with van der Waals surface area (Å²) >= 11 is 1.63. The van der Waals surface area contributed by atoms with Crippen LogP contribution in [0.1, 0.15) is 23.4 Å². The minimum absolute atomic E-state index is 0.0396. The molecule has 0 aliphatic carbocycles. The lowest BCUT2D eigenvalue weighted by atomic mass is 10.1. The van der Waals surface area contributed by atoms with Crippen LogP contribution in [-0.4, -0.2) is 44.5 Å². The van der Waals surface area contributed by atoms with Crippen molar-refractivity contribution in [3.63, 3.8) is 0 Å². The van der Waals surface area contributed by atoms with Crippen molar-refractivity contribution in [2.75, 3.05) is 33.7 Å². The van der Waals surface area contributed by atoms with Gasteiger partial charge in [0, 0.05) is 6.54 Å². The molecule has 1 heterocycles. The van der Waals surface area contributed by atoms with Crippen molar-refractivity contribution in [2.45, 2.75) is 18.8 Å². The van der Waals surface area contributed by atoms with E-state index in [0.29, 0.717) is 36.2 Å². The van der Waals surface area contributed by atoms with E-state index in [-0.39, 0.29) is 11.3 Å². The van der Waals surface area contributed by atoms with Crippen LogP contribution in [0.5, 0.6) is 23.0 Å². The SMILES string of the molecule is CCOc1ccc(C2SCC(=O)N2Cc2cc(OC)c(OC)c(OC)c2)cc1. The lowest BCUT2D eigenvalue weighted by Crippen LogP contribution is -2.27. The van der Waals surface area contributed by atoms with Gasteiger partial charge in [0.25, 0.3) is 0 Å². The number of benzene rings is 2. The van der Waals surface area contributed by atoms with Crippen LogP contribution in [0, 0.1) is 0 Å². The van der Waals surface area contributed by atoms with Gasteiger partial charge >= 0.3 is 0 Å². The Labute approximate surface area is 169 Å². The van der Waals surface area contributed by atoms with Gasteiger partial charge in [-0.1, -0.05) is 12.1 Å². The standard InChI is InChI=1S/C21H25NO5S/c1-5-27-16-8-6-15(7-9-16)21-22(19(23)13-28-21)12-14-10-17(24-2)20(26-4)18(11-14)25-3/h6-11,21H,5,12-13H2,1-4H3. The molecule has 1 fully saturated rings. The minimum Gasteiger partial charge on any atom is -0.494 e. The predicted molar refractivity (Wildman–Crippen MR) is 109 cm³/mol. The maximum Gasteiger partial charge on any atom is 0.234 e. The third-order valence-electron chi connectivity index (χ3n) is 4.52. The monoisotopic (exact) mass is 403 g/mol. The van der Waals surface area contributed by atoms with Gasteiger partial charge in [-0.3, -0.25) is 4.79 Å². The number of carbonyl (C=O) groups excluding carboxylic acids is 1. The van der Waals surface area contributed by atoms with Crippen LogP contribution in [0.4, 0.5) is 0 Å². The van der Waals surface area contributed by atoms with Crippen LogP contribution in [0.3, 0.4) is 0 Å². The van der Waals surface area contributed by atoms with Crippen molar-refractivity contribution >= 4 is 17.7 Å². The maximum absolute atomic E-state index is 12.6. The Balaban J connectivity index is 1.86. The van der Waals surface area contributed by atoms with Gasteiger partial charge in [-0.05, 0) is 42.3 Å². The Kier molecular flexibility index (Phi) is 6.57. The normalized spacial score (nSPS) is 16.2. The fourth-order valence-corrected chi connectivity index (χ4v) is 4.41. The molecule has 28 heavy (non-hydrogen) atoms. The van der Waals surface area contributed by atoms with Gasteiger partial charge in [-0.2, -0.15) is 0 Å². The average molecular weight is 404 g/mol. The summed E-state index contributed by atoms with van der Waals surface area (Å²) in [5.41, 5.74) is 1.99. The highest BCUT2D eigenvalue weighted by Gasteiger charge is 2.33. The number of nitrogens with zero attached hydrogens (tertiary/aromatic N) is 1. The Morgan fingerprint density at radius 3 is 2.21 bits per heavy atom. The number of ether oxygens (including phenoxy) is 4. The van der Waals surface area contributed by atoms with Crippen LogP contribution >= 0.6 is 11.8 Å². The van der Waals surface area contributed by atoms with Crippen LogP contribution in [0.2, 0.25) is 0 Å². The minimum atomic E-state index is -0.0396. The molecule has 0 saturated carbocycles. The van der Waals surface area contributed by atoms with E-state index in [9.17, 15) is 4.79 Å². The quantitative estimate of drug-likeness (QED) is 0.667. The van der Waals surface area contributed by atoms with Gasteiger partial charge in [0.1, 0.15) is 11.1 Å². The van der Waals surface area contributed by atoms with Gasteiger partial charge in [0.2, 0.25) is 11.7 Å². The number of carbonyl (C=O) groups is 1. The molecule has 7 heteroatoms. The average Bonchev–Trinajstić information content (AvgIpc) is 3.08. The molecule has 1 aliphatic rings. The van der Waals surface area contributed by atoms with Gasteiger partial charge in [0.05, 0.1) is 33.7 Å². The fourth-order valence-electron chi connectivity index (χ4n) is 3.22. The molecule has 2 aromatic carbocycles. The summed E-state index contributed by atoms with van der Waals surface area (Å²) in [6.45, 7) is 3.04. The zero-order valence-corrected chi connectivity index (χ0v) is 17.4. The van der Waals surface area contributed by atoms with E-state index in [1.807, 2.05) is 48.2 Å². The third-order valence-corrected chi connectivity index (χ3v) is 5.78. The Morgan fingerprint density at radius 1 is 1.04 bits per heavy atom. The van der Waals surface area contributed by atoms with Crippen LogP contribution in [0.15, 0.2) is 36.4 Å². The van der Waals surface area contributed by atoms with Crippen LogP contribution < -0.4 is 18.9 Å². The predicted octanol–water partition coefficient (Wildman–Crippen LogP) is 3.89. The summed E-state index contributed by atoms with van der Waals surface area (Å²) in [4.78, 5) is 14.4. The summed E-state index contributed by atoms with van der Waals surface area (Å²) in [6, 6.07) is 11.7. The second kappa shape index (κ2) is 9.10. The van der Waals surface area contributed by atoms with Crippen molar-refractivity contribution in [1.29, 1.82) is 0 Å². The maximum atomic E-state index is 12.6. The number of methoxy groups -OCH3 is 3. The van der Waals surface area contributed by atoms with E-state index in [0.717, 1.165) is 16.9 Å². The molecule has 1 unspecified atom stereocenters. The second-order valence-electron chi connectivity index (χ2n) is 6.22. The smallest absolute Gasteiger partial charge is 0.234 e. The molecule has 150 valence electrons. The molecule has 0 aromatic heterocycles. The highest BCUT2D eigenvalue weighted by atomic mass is 32.2. The summed E-state index contributed by atoms with van der Waals surface area (Å²) in [7, 11) is 4.74. The van der Waals surface area contributed by atoms with E-state index in [1.165, 1.54) is 0 Å². The number of thioether (sulfide) groups is 1. The molecule has 2 aromatic rings. The number of rotatable bonds is 8. The van der Waals surface area contributed by atoms with Gasteiger partial charge in [0.15, 0.2) is 11.5 Å². The zero-order valence-electron chi connectivity index (χ0n) is 16.6. The lowest BCUT2D eigenvalue weighted by Gasteiger charge is -2.25. The van der Waals surface area contributed by atoms with Crippen molar-refractivity contribution in [1.82, 2.24) is 4.90 Å². The molecule has 1 atom stereocenters. The van der Waals surface area contributed by atoms with Gasteiger partial charge < -0.3 is 23.8 Å². The van der Waals surface area contributed by atoms with E-state index in [2.05, 4.69) is 0 Å². The van der Waals surface area contributed by atoms with E-state index >= 15 is 0 Å². The molecular formula is C21H25NO5S. The summed E-state index contributed by atoms with van der Waals surface area (Å²) in [6.07, 6.45) is 0. The number of amides is 1. The summed E-state index contributed by atoms with van der Waals surface area (Å²) in [5.74, 6) is 3.10. The highest BCUT2D eigenvalue weighted by Crippen LogP contribution is 2.42. The molecule has 1 amide bonds. The Morgan fingerprint density at radius 2 is 1.68 bits per heavy atom. The molecular weight excluding hydrogens is 378 g/mol. The third kappa shape index (κ3) is 4.14. The largest absolute Gasteiger partial charge is 0.494 e. The Bertz CT molecular complexity index is 799. The van der Waals surface area contributed by atoms with Gasteiger partial charge in [-0.15, -0.1) is 11.8 Å². The summed E-state index contributed by atoms with van der Waals surface area (Å²) < 4.78 is 21.8. The van der Waals surface area contributed by atoms with Crippen molar-refractivity contribution in [3.05, 3.63) is 47.5 Å². The molecule has 0 bridgehead atoms.